The molecule has 1 heterocycles. The van der Waals surface area contributed by atoms with Gasteiger partial charge in [-0.25, -0.2) is 19.0 Å². The molecule has 0 N–H and O–H groups in total. The standard InChI is InChI=1S/C26H28BrNO7/c1-25(2,3)34-23(30)28-13-12-16-14-17(15-27)19(22(29)32-18-10-8-7-9-11-18)21(20(16)28)33-24(31)35-26(4,5)6/h7-14H,15H2,1-6H3. The number of carbonyl (C=O) groups excluding carboxylic acids is 3. The topological polar surface area (TPSA) is 93.1 Å². The van der Waals surface area contributed by atoms with E-state index in [-0.39, 0.29) is 22.2 Å². The monoisotopic (exact) mass is 545 g/mol. The molecule has 0 bridgehead atoms. The predicted octanol–water partition coefficient (Wildman–Crippen LogP) is 6.85. The summed E-state index contributed by atoms with van der Waals surface area (Å²) in [5, 5.41) is 0.810. The fourth-order valence-electron chi connectivity index (χ4n) is 3.22. The van der Waals surface area contributed by atoms with E-state index >= 15 is 0 Å². The molecule has 35 heavy (non-hydrogen) atoms. The molecule has 0 unspecified atom stereocenters. The van der Waals surface area contributed by atoms with Gasteiger partial charge in [-0.3, -0.25) is 0 Å². The Balaban J connectivity index is 2.22. The van der Waals surface area contributed by atoms with Crippen LogP contribution in [0.25, 0.3) is 10.9 Å². The fraction of sp³-hybridized carbons (Fsp3) is 0.346. The molecule has 1 aromatic heterocycles. The number of hydrogen-bond acceptors (Lipinski definition) is 7. The molecule has 0 aliphatic heterocycles. The minimum absolute atomic E-state index is 0.0207. The van der Waals surface area contributed by atoms with Crippen molar-refractivity contribution in [1.82, 2.24) is 4.57 Å². The lowest BCUT2D eigenvalue weighted by molar-refractivity contribution is 0.0204. The van der Waals surface area contributed by atoms with E-state index in [1.165, 1.54) is 10.8 Å². The lowest BCUT2D eigenvalue weighted by atomic mass is 10.0. The van der Waals surface area contributed by atoms with Gasteiger partial charge >= 0.3 is 18.2 Å². The average molecular weight is 546 g/mol. The maximum Gasteiger partial charge on any atom is 0.514 e. The highest BCUT2D eigenvalue weighted by Gasteiger charge is 2.30. The summed E-state index contributed by atoms with van der Waals surface area (Å²) in [4.78, 5) is 39.0. The van der Waals surface area contributed by atoms with Gasteiger partial charge in [-0.2, -0.15) is 0 Å². The van der Waals surface area contributed by atoms with Crippen molar-refractivity contribution in [2.24, 2.45) is 0 Å². The highest BCUT2D eigenvalue weighted by Crippen LogP contribution is 2.37. The number of hydrogen-bond donors (Lipinski definition) is 0. The second-order valence-electron chi connectivity index (χ2n) is 9.75. The van der Waals surface area contributed by atoms with Crippen molar-refractivity contribution in [3.63, 3.8) is 0 Å². The molecule has 0 amide bonds. The molecule has 0 saturated heterocycles. The Hall–Kier alpha value is -3.33. The number of esters is 1. The summed E-state index contributed by atoms with van der Waals surface area (Å²) >= 11 is 3.39. The van der Waals surface area contributed by atoms with Crippen molar-refractivity contribution in [1.29, 1.82) is 0 Å². The summed E-state index contributed by atoms with van der Waals surface area (Å²) in [6, 6.07) is 11.9. The molecule has 2 aromatic carbocycles. The fourth-order valence-corrected chi connectivity index (χ4v) is 3.66. The van der Waals surface area contributed by atoms with Crippen LogP contribution >= 0.6 is 15.9 Å². The molecule has 0 aliphatic carbocycles. The number of alkyl halides is 1. The van der Waals surface area contributed by atoms with Gasteiger partial charge in [-0.1, -0.05) is 34.1 Å². The maximum absolute atomic E-state index is 13.4. The van der Waals surface area contributed by atoms with Crippen LogP contribution < -0.4 is 9.47 Å². The predicted molar refractivity (Wildman–Crippen MR) is 134 cm³/mol. The Morgan fingerprint density at radius 2 is 1.51 bits per heavy atom. The Morgan fingerprint density at radius 1 is 0.886 bits per heavy atom. The van der Waals surface area contributed by atoms with Gasteiger partial charge in [0.05, 0.1) is 0 Å². The number of aromatic nitrogens is 1. The van der Waals surface area contributed by atoms with Gasteiger partial charge in [0.1, 0.15) is 28.0 Å². The zero-order chi connectivity index (χ0) is 26.0. The third-order valence-electron chi connectivity index (χ3n) is 4.48. The number of halogens is 1. The summed E-state index contributed by atoms with van der Waals surface area (Å²) in [6.07, 6.45) is -0.239. The smallest absolute Gasteiger partial charge is 0.443 e. The summed E-state index contributed by atoms with van der Waals surface area (Å²) in [7, 11) is 0. The Kier molecular flexibility index (Phi) is 7.59. The zero-order valence-corrected chi connectivity index (χ0v) is 22.1. The minimum Gasteiger partial charge on any atom is -0.443 e. The molecule has 0 atom stereocenters. The first-order valence-corrected chi connectivity index (χ1v) is 12.1. The molecule has 3 rings (SSSR count). The van der Waals surface area contributed by atoms with Crippen molar-refractivity contribution in [2.45, 2.75) is 58.1 Å². The zero-order valence-electron chi connectivity index (χ0n) is 20.5. The van der Waals surface area contributed by atoms with E-state index in [1.807, 2.05) is 0 Å². The second-order valence-corrected chi connectivity index (χ2v) is 10.3. The van der Waals surface area contributed by atoms with Crippen LogP contribution in [-0.2, 0) is 14.8 Å². The molecule has 9 heteroatoms. The summed E-state index contributed by atoms with van der Waals surface area (Å²) in [6.45, 7) is 10.3. The molecule has 0 aliphatic rings. The van der Waals surface area contributed by atoms with Crippen LogP contribution in [0.5, 0.6) is 11.5 Å². The first-order chi connectivity index (χ1) is 16.3. The number of fused-ring (bicyclic) bond motifs is 1. The molecule has 8 nitrogen and oxygen atoms in total. The van der Waals surface area contributed by atoms with Crippen LogP contribution in [0.15, 0.2) is 48.7 Å². The van der Waals surface area contributed by atoms with Crippen LogP contribution in [0.4, 0.5) is 9.59 Å². The highest BCUT2D eigenvalue weighted by atomic mass is 79.9. The van der Waals surface area contributed by atoms with E-state index in [2.05, 4.69) is 15.9 Å². The Bertz CT molecular complexity index is 1250. The SMILES string of the molecule is CC(C)(C)OC(=O)Oc1c(C(=O)Oc2ccccc2)c(CBr)cc2ccn(C(=O)OC(C)(C)C)c12. The number of para-hydroxylation sites is 1. The molecule has 186 valence electrons. The van der Waals surface area contributed by atoms with Gasteiger partial charge < -0.3 is 18.9 Å². The number of ether oxygens (including phenoxy) is 4. The van der Waals surface area contributed by atoms with E-state index in [0.717, 1.165) is 0 Å². The van der Waals surface area contributed by atoms with Crippen LogP contribution in [-0.4, -0.2) is 34.0 Å². The van der Waals surface area contributed by atoms with Gasteiger partial charge in [0.15, 0.2) is 5.75 Å². The normalized spacial score (nSPS) is 11.7. The number of rotatable bonds is 4. The molecule has 3 aromatic rings. The van der Waals surface area contributed by atoms with Crippen LogP contribution in [0.3, 0.4) is 0 Å². The van der Waals surface area contributed by atoms with Gasteiger partial charge in [-0.15, -0.1) is 0 Å². The second kappa shape index (κ2) is 10.1. The Labute approximate surface area is 212 Å². The molecular formula is C26H28BrNO7. The molecule has 0 spiro atoms. The average Bonchev–Trinajstić information content (AvgIpc) is 3.15. The van der Waals surface area contributed by atoms with Crippen molar-refractivity contribution >= 4 is 45.1 Å². The molecular weight excluding hydrogens is 518 g/mol. The van der Waals surface area contributed by atoms with Crippen LogP contribution in [0.1, 0.15) is 57.5 Å². The molecule has 0 fully saturated rings. The van der Waals surface area contributed by atoms with Gasteiger partial charge in [0.25, 0.3) is 0 Å². The third kappa shape index (κ3) is 6.63. The largest absolute Gasteiger partial charge is 0.514 e. The minimum atomic E-state index is -1.03. The number of carbonyl (C=O) groups is 3. The van der Waals surface area contributed by atoms with Crippen molar-refractivity contribution < 1.29 is 33.3 Å². The maximum atomic E-state index is 13.4. The first-order valence-electron chi connectivity index (χ1n) is 10.9. The summed E-state index contributed by atoms with van der Waals surface area (Å²) < 4.78 is 23.2. The number of benzene rings is 2. The quantitative estimate of drug-likeness (QED) is 0.153. The van der Waals surface area contributed by atoms with Crippen molar-refractivity contribution in [2.75, 3.05) is 0 Å². The van der Waals surface area contributed by atoms with E-state index in [0.29, 0.717) is 16.7 Å². The number of nitrogens with zero attached hydrogens (tertiary/aromatic N) is 1. The van der Waals surface area contributed by atoms with E-state index in [4.69, 9.17) is 18.9 Å². The Morgan fingerprint density at radius 3 is 2.09 bits per heavy atom. The van der Waals surface area contributed by atoms with Gasteiger partial charge in [0.2, 0.25) is 0 Å². The van der Waals surface area contributed by atoms with Crippen LogP contribution in [0.2, 0.25) is 0 Å². The highest BCUT2D eigenvalue weighted by molar-refractivity contribution is 9.08. The van der Waals surface area contributed by atoms with Crippen molar-refractivity contribution in [3.8, 4) is 11.5 Å². The third-order valence-corrected chi connectivity index (χ3v) is 5.08. The molecule has 0 radical (unpaired) electrons. The first kappa shape index (κ1) is 26.3. The summed E-state index contributed by atoms with van der Waals surface area (Å²) in [5.74, 6) is -0.616. The van der Waals surface area contributed by atoms with Gasteiger partial charge in [-0.05, 0) is 71.4 Å². The lowest BCUT2D eigenvalue weighted by Crippen LogP contribution is -2.28. The lowest BCUT2D eigenvalue weighted by Gasteiger charge is -2.22. The van der Waals surface area contributed by atoms with Gasteiger partial charge in [0, 0.05) is 16.9 Å². The molecule has 0 saturated carbocycles. The summed E-state index contributed by atoms with van der Waals surface area (Å²) in [5.41, 5.74) is -0.965. The van der Waals surface area contributed by atoms with Crippen molar-refractivity contribution in [3.05, 3.63) is 59.8 Å². The van der Waals surface area contributed by atoms with Crippen LogP contribution in [0, 0.1) is 0 Å². The van der Waals surface area contributed by atoms with E-state index in [9.17, 15) is 14.4 Å². The van der Waals surface area contributed by atoms with E-state index in [1.54, 1.807) is 84.0 Å². The van der Waals surface area contributed by atoms with E-state index < -0.39 is 29.4 Å².